The first-order valence-corrected chi connectivity index (χ1v) is 15.0. The molecule has 0 aliphatic carbocycles. The fourth-order valence-electron chi connectivity index (χ4n) is 4.37. The Morgan fingerprint density at radius 2 is 1.93 bits per heavy atom. The Labute approximate surface area is 257 Å². The molecule has 0 spiro atoms. The summed E-state index contributed by atoms with van der Waals surface area (Å²) in [6.45, 7) is 7.37. The van der Waals surface area contributed by atoms with E-state index in [2.05, 4.69) is 36.9 Å². The van der Waals surface area contributed by atoms with Crippen LogP contribution >= 0.6 is 43.2 Å². The number of hydrogen-bond donors (Lipinski definition) is 0. The van der Waals surface area contributed by atoms with Crippen molar-refractivity contribution in [3.05, 3.63) is 81.4 Å². The number of allylic oxidation sites excluding steroid dienone is 1. The van der Waals surface area contributed by atoms with Gasteiger partial charge in [0.2, 0.25) is 0 Å². The van der Waals surface area contributed by atoms with Crippen LogP contribution in [0.2, 0.25) is 0 Å². The number of ether oxygens (including phenoxy) is 4. The minimum Gasteiger partial charge on any atom is -0.493 e. The van der Waals surface area contributed by atoms with Crippen LogP contribution in [-0.2, 0) is 9.53 Å². The Bertz CT molecular complexity index is 1730. The highest BCUT2D eigenvalue weighted by Gasteiger charge is 2.34. The largest absolute Gasteiger partial charge is 0.493 e. The van der Waals surface area contributed by atoms with Gasteiger partial charge in [0, 0.05) is 0 Å². The van der Waals surface area contributed by atoms with Gasteiger partial charge in [-0.15, -0.1) is 0 Å². The van der Waals surface area contributed by atoms with Gasteiger partial charge in [-0.2, -0.15) is 5.26 Å². The van der Waals surface area contributed by atoms with Crippen molar-refractivity contribution < 1.29 is 23.7 Å². The van der Waals surface area contributed by atoms with E-state index < -0.39 is 12.0 Å². The molecule has 0 amide bonds. The topological polar surface area (TPSA) is 112 Å². The van der Waals surface area contributed by atoms with Crippen molar-refractivity contribution in [3.8, 4) is 23.3 Å². The quantitative estimate of drug-likeness (QED) is 0.288. The van der Waals surface area contributed by atoms with Crippen LogP contribution in [0.1, 0.15) is 44.9 Å². The van der Waals surface area contributed by atoms with Crippen molar-refractivity contribution in [1.29, 1.82) is 5.26 Å². The molecule has 1 aliphatic heterocycles. The van der Waals surface area contributed by atoms with E-state index in [1.807, 2.05) is 26.0 Å². The molecule has 0 unspecified atom stereocenters. The van der Waals surface area contributed by atoms with Gasteiger partial charge in [0.25, 0.3) is 5.56 Å². The molecule has 214 valence electrons. The first-order valence-electron chi connectivity index (χ1n) is 12.6. The number of methoxy groups -OCH3 is 1. The van der Waals surface area contributed by atoms with Crippen LogP contribution < -0.4 is 29.1 Å². The number of aromatic nitrogens is 1. The van der Waals surface area contributed by atoms with E-state index >= 15 is 0 Å². The highest BCUT2D eigenvalue weighted by molar-refractivity contribution is 9.11. The molecule has 0 bridgehead atoms. The van der Waals surface area contributed by atoms with E-state index in [1.165, 1.54) is 23.0 Å². The number of carbonyl (C=O) groups excluding carboxylic acids is 1. The first-order chi connectivity index (χ1) is 19.6. The monoisotopic (exact) mass is 703 g/mol. The van der Waals surface area contributed by atoms with E-state index in [1.54, 1.807) is 44.2 Å². The summed E-state index contributed by atoms with van der Waals surface area (Å²) in [6.07, 6.45) is 1.67. The number of halogens is 2. The van der Waals surface area contributed by atoms with Crippen molar-refractivity contribution in [2.75, 3.05) is 20.3 Å². The number of benzene rings is 2. The Kier molecular flexibility index (Phi) is 9.73. The third kappa shape index (κ3) is 6.42. The standard InChI is InChI=1S/C29H27Br2N3O6S/c1-6-38-28(36)24-16(4)33-29-34(25(24)18-7-8-21(40-15(2)3)22(14-18)37-5)27(35)23(41-29)13-17-11-19(30)26(20(31)12-17)39-10-9-32/h7-8,11-15,25H,6,10H2,1-5H3/b23-13-/t25-/m0/s1. The molecule has 41 heavy (non-hydrogen) atoms. The molecule has 0 N–H and O–H groups in total. The van der Waals surface area contributed by atoms with Crippen LogP contribution in [-0.4, -0.2) is 37.0 Å². The van der Waals surface area contributed by atoms with Crippen molar-refractivity contribution in [2.24, 2.45) is 4.99 Å². The van der Waals surface area contributed by atoms with Gasteiger partial charge in [0.05, 0.1) is 50.6 Å². The van der Waals surface area contributed by atoms with Crippen LogP contribution in [0.4, 0.5) is 0 Å². The predicted molar refractivity (Wildman–Crippen MR) is 162 cm³/mol. The van der Waals surface area contributed by atoms with Gasteiger partial charge in [-0.3, -0.25) is 9.36 Å². The van der Waals surface area contributed by atoms with E-state index in [0.29, 0.717) is 52.4 Å². The van der Waals surface area contributed by atoms with Crippen molar-refractivity contribution in [3.63, 3.8) is 0 Å². The van der Waals surface area contributed by atoms with E-state index in [0.717, 1.165) is 0 Å². The van der Waals surface area contributed by atoms with Crippen molar-refractivity contribution in [1.82, 2.24) is 4.57 Å². The second kappa shape index (κ2) is 13.1. The molecule has 2 aromatic carbocycles. The molecule has 0 fully saturated rings. The van der Waals surface area contributed by atoms with Crippen LogP contribution in [0, 0.1) is 11.3 Å². The predicted octanol–water partition coefficient (Wildman–Crippen LogP) is 5.02. The maximum absolute atomic E-state index is 13.9. The van der Waals surface area contributed by atoms with Crippen LogP contribution in [0.15, 0.2) is 60.3 Å². The molecular formula is C29H27Br2N3O6S. The molecule has 3 aromatic rings. The number of rotatable bonds is 9. The van der Waals surface area contributed by atoms with Gasteiger partial charge >= 0.3 is 5.97 Å². The van der Waals surface area contributed by atoms with Gasteiger partial charge in [-0.25, -0.2) is 9.79 Å². The molecule has 1 aliphatic rings. The molecule has 4 rings (SSSR count). The molecule has 12 heteroatoms. The smallest absolute Gasteiger partial charge is 0.338 e. The molecular weight excluding hydrogens is 678 g/mol. The number of nitrogens with zero attached hydrogens (tertiary/aromatic N) is 3. The van der Waals surface area contributed by atoms with E-state index in [9.17, 15) is 9.59 Å². The maximum Gasteiger partial charge on any atom is 0.338 e. The summed E-state index contributed by atoms with van der Waals surface area (Å²) in [7, 11) is 1.54. The lowest BCUT2D eigenvalue weighted by atomic mass is 9.95. The molecule has 1 atom stereocenters. The fourth-order valence-corrected chi connectivity index (χ4v) is 6.87. The van der Waals surface area contributed by atoms with Crippen molar-refractivity contribution >= 4 is 55.2 Å². The Hall–Kier alpha value is -3.40. The summed E-state index contributed by atoms with van der Waals surface area (Å²) in [4.78, 5) is 32.2. The summed E-state index contributed by atoms with van der Waals surface area (Å²) in [5, 5.41) is 8.85. The van der Waals surface area contributed by atoms with Gasteiger partial charge in [0.15, 0.2) is 22.9 Å². The zero-order valence-corrected chi connectivity index (χ0v) is 27.0. The Morgan fingerprint density at radius 3 is 2.54 bits per heavy atom. The zero-order chi connectivity index (χ0) is 29.8. The second-order valence-corrected chi connectivity index (χ2v) is 11.9. The third-order valence-electron chi connectivity index (χ3n) is 5.98. The average molecular weight is 705 g/mol. The highest BCUT2D eigenvalue weighted by atomic mass is 79.9. The van der Waals surface area contributed by atoms with Crippen LogP contribution in [0.3, 0.4) is 0 Å². The molecule has 9 nitrogen and oxygen atoms in total. The number of nitriles is 1. The zero-order valence-electron chi connectivity index (χ0n) is 23.0. The summed E-state index contributed by atoms with van der Waals surface area (Å²) < 4.78 is 25.5. The summed E-state index contributed by atoms with van der Waals surface area (Å²) in [6, 6.07) is 10.1. The van der Waals surface area contributed by atoms with Gasteiger partial charge in [0.1, 0.15) is 11.8 Å². The minimum atomic E-state index is -0.797. The lowest BCUT2D eigenvalue weighted by Gasteiger charge is -2.25. The Balaban J connectivity index is 1.91. The van der Waals surface area contributed by atoms with Gasteiger partial charge in [-0.1, -0.05) is 17.4 Å². The SMILES string of the molecule is CCOC(=O)C1=C(C)N=c2s/c(=C\c3cc(Br)c(OCC#N)c(Br)c3)c(=O)n2[C@H]1c1ccc(OC(C)C)c(OC)c1. The number of carbonyl (C=O) groups is 1. The number of thiazole rings is 1. The summed E-state index contributed by atoms with van der Waals surface area (Å²) in [5.41, 5.74) is 1.79. The lowest BCUT2D eigenvalue weighted by molar-refractivity contribution is -0.139. The van der Waals surface area contributed by atoms with Crippen LogP contribution in [0.5, 0.6) is 17.2 Å². The summed E-state index contributed by atoms with van der Waals surface area (Å²) >= 11 is 8.17. The minimum absolute atomic E-state index is 0.0725. The van der Waals surface area contributed by atoms with E-state index in [-0.39, 0.29) is 30.5 Å². The molecule has 2 heterocycles. The molecule has 0 saturated carbocycles. The van der Waals surface area contributed by atoms with Crippen molar-refractivity contribution in [2.45, 2.75) is 39.8 Å². The number of hydrogen-bond acceptors (Lipinski definition) is 9. The lowest BCUT2D eigenvalue weighted by Crippen LogP contribution is -2.40. The highest BCUT2D eigenvalue weighted by Crippen LogP contribution is 2.37. The third-order valence-corrected chi connectivity index (χ3v) is 8.14. The molecule has 0 radical (unpaired) electrons. The maximum atomic E-state index is 13.9. The second-order valence-electron chi connectivity index (χ2n) is 9.14. The fraction of sp³-hybridized carbons (Fsp3) is 0.310. The number of esters is 1. The van der Waals surface area contributed by atoms with E-state index in [4.69, 9.17) is 24.2 Å². The number of fused-ring (bicyclic) bond motifs is 1. The molecule has 1 aromatic heterocycles. The van der Waals surface area contributed by atoms with Gasteiger partial charge < -0.3 is 18.9 Å². The Morgan fingerprint density at radius 1 is 1.22 bits per heavy atom. The summed E-state index contributed by atoms with van der Waals surface area (Å²) in [5.74, 6) is 0.967. The average Bonchev–Trinajstić information content (AvgIpc) is 3.21. The van der Waals surface area contributed by atoms with Crippen LogP contribution in [0.25, 0.3) is 6.08 Å². The normalized spacial score (nSPS) is 14.8. The van der Waals surface area contributed by atoms with Gasteiger partial charge in [-0.05, 0) is 101 Å². The molecule has 0 saturated heterocycles. The first kappa shape index (κ1) is 30.6.